The number of morpholine rings is 1. The Hall–Kier alpha value is -3.44. The van der Waals surface area contributed by atoms with Crippen LogP contribution in [0.4, 0.5) is 5.82 Å². The minimum absolute atomic E-state index is 0.171. The van der Waals surface area contributed by atoms with Crippen LogP contribution in [-0.2, 0) is 11.2 Å². The van der Waals surface area contributed by atoms with Crippen LogP contribution in [0.5, 0.6) is 17.4 Å². The van der Waals surface area contributed by atoms with Crippen LogP contribution >= 0.6 is 0 Å². The highest BCUT2D eigenvalue weighted by Gasteiger charge is 2.17. The van der Waals surface area contributed by atoms with Gasteiger partial charge in [-0.2, -0.15) is 10.1 Å². The number of benzene rings is 1. The molecule has 178 valence electrons. The fraction of sp³-hybridized carbons (Fsp3) is 0.455. The van der Waals surface area contributed by atoms with Crippen molar-refractivity contribution >= 4 is 17.5 Å². The first-order valence-electron chi connectivity index (χ1n) is 10.6. The van der Waals surface area contributed by atoms with E-state index < -0.39 is 0 Å². The zero-order chi connectivity index (χ0) is 23.6. The van der Waals surface area contributed by atoms with Gasteiger partial charge >= 0.3 is 0 Å². The van der Waals surface area contributed by atoms with Crippen molar-refractivity contribution in [3.05, 3.63) is 36.2 Å². The molecule has 0 bridgehead atoms. The summed E-state index contributed by atoms with van der Waals surface area (Å²) in [5.41, 5.74) is 6.68. The summed E-state index contributed by atoms with van der Waals surface area (Å²) < 4.78 is 21.8. The van der Waals surface area contributed by atoms with Gasteiger partial charge in [0, 0.05) is 32.1 Å². The molecule has 0 saturated carbocycles. The highest BCUT2D eigenvalue weighted by atomic mass is 16.5. The third-order valence-corrected chi connectivity index (χ3v) is 4.94. The second-order valence-electron chi connectivity index (χ2n) is 7.38. The van der Waals surface area contributed by atoms with E-state index in [-0.39, 0.29) is 12.3 Å². The van der Waals surface area contributed by atoms with Crippen LogP contribution in [0, 0.1) is 5.41 Å². The number of rotatable bonds is 10. The number of hydrogen-bond donors (Lipinski definition) is 2. The molecule has 0 spiro atoms. The molecule has 1 aliphatic heterocycles. The summed E-state index contributed by atoms with van der Waals surface area (Å²) in [4.78, 5) is 10.7. The Morgan fingerprint density at radius 2 is 1.94 bits per heavy atom. The lowest BCUT2D eigenvalue weighted by molar-refractivity contribution is 0.0320. The molecule has 11 nitrogen and oxygen atoms in total. The minimum Gasteiger partial charge on any atom is -0.493 e. The molecule has 33 heavy (non-hydrogen) atoms. The Kier molecular flexibility index (Phi) is 8.79. The zero-order valence-corrected chi connectivity index (χ0v) is 19.3. The van der Waals surface area contributed by atoms with Crippen molar-refractivity contribution in [1.29, 1.82) is 5.41 Å². The van der Waals surface area contributed by atoms with Crippen LogP contribution in [0.1, 0.15) is 12.5 Å². The molecule has 2 aromatic rings. The average Bonchev–Trinajstić information content (AvgIpc) is 2.83. The van der Waals surface area contributed by atoms with Gasteiger partial charge in [0.1, 0.15) is 24.6 Å². The summed E-state index contributed by atoms with van der Waals surface area (Å²) in [6.45, 7) is 6.18. The predicted molar refractivity (Wildman–Crippen MR) is 126 cm³/mol. The Bertz CT molecular complexity index is 960. The second-order valence-corrected chi connectivity index (χ2v) is 7.38. The summed E-state index contributed by atoms with van der Waals surface area (Å²) in [7, 11) is 3.15. The summed E-state index contributed by atoms with van der Waals surface area (Å²) >= 11 is 0. The molecule has 1 saturated heterocycles. The lowest BCUT2D eigenvalue weighted by Crippen LogP contribution is -2.38. The van der Waals surface area contributed by atoms with Gasteiger partial charge in [0.05, 0.1) is 27.4 Å². The number of ether oxygens (including phenoxy) is 4. The molecule has 0 amide bonds. The first-order chi connectivity index (χ1) is 16.0. The van der Waals surface area contributed by atoms with Crippen LogP contribution in [0.15, 0.2) is 35.7 Å². The van der Waals surface area contributed by atoms with Crippen molar-refractivity contribution in [3.8, 4) is 17.4 Å². The summed E-state index contributed by atoms with van der Waals surface area (Å²) in [6, 6.07) is 7.14. The van der Waals surface area contributed by atoms with Gasteiger partial charge < -0.3 is 24.7 Å². The molecular weight excluding hydrogens is 426 g/mol. The quantitative estimate of drug-likeness (QED) is 0.310. The Labute approximate surface area is 193 Å². The molecule has 1 aromatic carbocycles. The van der Waals surface area contributed by atoms with Crippen molar-refractivity contribution in [3.63, 3.8) is 0 Å². The molecule has 3 N–H and O–H groups in total. The van der Waals surface area contributed by atoms with E-state index >= 15 is 0 Å². The molecule has 11 heteroatoms. The summed E-state index contributed by atoms with van der Waals surface area (Å²) in [5, 5.41) is 14.3. The Balaban J connectivity index is 1.70. The number of hydrazone groups is 1. The van der Waals surface area contributed by atoms with Gasteiger partial charge in [-0.3, -0.25) is 10.3 Å². The molecule has 1 aromatic heterocycles. The van der Waals surface area contributed by atoms with Crippen molar-refractivity contribution in [2.45, 2.75) is 13.3 Å². The van der Waals surface area contributed by atoms with E-state index in [1.807, 2.05) is 12.1 Å². The largest absolute Gasteiger partial charge is 0.493 e. The number of nitrogens with one attached hydrogen (secondary N) is 1. The van der Waals surface area contributed by atoms with E-state index in [9.17, 15) is 0 Å². The smallest absolute Gasteiger partial charge is 0.218 e. The molecule has 1 aliphatic rings. The van der Waals surface area contributed by atoms with Gasteiger partial charge in [0.2, 0.25) is 5.88 Å². The van der Waals surface area contributed by atoms with Crippen LogP contribution in [0.2, 0.25) is 0 Å². The molecule has 2 heterocycles. The van der Waals surface area contributed by atoms with E-state index in [1.54, 1.807) is 33.3 Å². The number of anilines is 1. The number of hydrogen-bond acceptors (Lipinski definition) is 9. The van der Waals surface area contributed by atoms with E-state index in [4.69, 9.17) is 30.1 Å². The van der Waals surface area contributed by atoms with E-state index in [2.05, 4.69) is 20.0 Å². The van der Waals surface area contributed by atoms with Crippen LogP contribution in [0.25, 0.3) is 0 Å². The monoisotopic (exact) mass is 457 g/mol. The average molecular weight is 458 g/mol. The molecular formula is C22H31N7O4. The second kappa shape index (κ2) is 12.0. The van der Waals surface area contributed by atoms with Gasteiger partial charge in [-0.1, -0.05) is 6.07 Å². The predicted octanol–water partition coefficient (Wildman–Crippen LogP) is 1.52. The molecule has 3 rings (SSSR count). The maximum Gasteiger partial charge on any atom is 0.218 e. The highest BCUT2D eigenvalue weighted by molar-refractivity contribution is 5.97. The van der Waals surface area contributed by atoms with Crippen molar-refractivity contribution in [1.82, 2.24) is 14.9 Å². The summed E-state index contributed by atoms with van der Waals surface area (Å²) in [6.07, 6.45) is 1.66. The lowest BCUT2D eigenvalue weighted by Gasteiger charge is -2.26. The molecule has 0 radical (unpaired) electrons. The fourth-order valence-corrected chi connectivity index (χ4v) is 3.30. The first-order valence-corrected chi connectivity index (χ1v) is 10.6. The SMILES string of the molecule is COc1ccc(CC(=N)N(/N=C(\C)N)c2cc(OCCN3CCOCC3)ncn2)cc1OC. The minimum atomic E-state index is 0.171. The zero-order valence-electron chi connectivity index (χ0n) is 19.3. The first kappa shape index (κ1) is 24.2. The number of aromatic nitrogens is 2. The van der Waals surface area contributed by atoms with Crippen molar-refractivity contribution in [2.24, 2.45) is 10.8 Å². The fourth-order valence-electron chi connectivity index (χ4n) is 3.30. The van der Waals surface area contributed by atoms with Gasteiger partial charge in [0.15, 0.2) is 17.3 Å². The lowest BCUT2D eigenvalue weighted by atomic mass is 10.1. The van der Waals surface area contributed by atoms with Gasteiger partial charge in [-0.25, -0.2) is 9.97 Å². The third-order valence-electron chi connectivity index (χ3n) is 4.94. The molecule has 0 atom stereocenters. The molecule has 0 unspecified atom stereocenters. The maximum absolute atomic E-state index is 8.65. The van der Waals surface area contributed by atoms with E-state index in [0.717, 1.165) is 38.4 Å². The Morgan fingerprint density at radius 1 is 1.18 bits per heavy atom. The molecule has 1 fully saturated rings. The number of nitrogens with two attached hydrogens (primary N) is 1. The van der Waals surface area contributed by atoms with Crippen LogP contribution in [-0.4, -0.2) is 80.2 Å². The van der Waals surface area contributed by atoms with Crippen LogP contribution < -0.4 is 25.0 Å². The third kappa shape index (κ3) is 7.02. The van der Waals surface area contributed by atoms with Gasteiger partial charge in [-0.05, 0) is 24.6 Å². The van der Waals surface area contributed by atoms with Crippen molar-refractivity contribution < 1.29 is 18.9 Å². The molecule has 0 aliphatic carbocycles. The normalized spacial score (nSPS) is 14.6. The topological polar surface area (TPSA) is 131 Å². The van der Waals surface area contributed by atoms with Gasteiger partial charge in [-0.15, -0.1) is 0 Å². The highest BCUT2D eigenvalue weighted by Crippen LogP contribution is 2.28. The van der Waals surface area contributed by atoms with Crippen molar-refractivity contribution in [2.75, 3.05) is 58.7 Å². The Morgan fingerprint density at radius 3 is 2.64 bits per heavy atom. The van der Waals surface area contributed by atoms with E-state index in [0.29, 0.717) is 35.6 Å². The maximum atomic E-state index is 8.65. The number of methoxy groups -OCH3 is 2. The van der Waals surface area contributed by atoms with E-state index in [1.165, 1.54) is 11.3 Å². The van der Waals surface area contributed by atoms with Crippen LogP contribution in [0.3, 0.4) is 0 Å². The number of nitrogens with zero attached hydrogens (tertiary/aromatic N) is 5. The van der Waals surface area contributed by atoms with Gasteiger partial charge in [0.25, 0.3) is 0 Å². The summed E-state index contributed by atoms with van der Waals surface area (Å²) in [5.74, 6) is 2.47. The standard InChI is InChI=1S/C22H31N7O4/c1-16(23)27-29(20(24)13-17-4-5-18(30-2)19(12-17)31-3)21-14-22(26-15-25-21)33-11-8-28-6-9-32-10-7-28/h4-5,12,14-15,24H,6-11,13H2,1-3H3,(H2,23,27). The number of amidine groups is 2.